The molecule has 0 aliphatic heterocycles. The van der Waals surface area contributed by atoms with Gasteiger partial charge in [0, 0.05) is 11.2 Å². The van der Waals surface area contributed by atoms with Crippen LogP contribution in [0.5, 0.6) is 0 Å². The molecule has 3 nitrogen and oxygen atoms in total. The first kappa shape index (κ1) is 8.01. The van der Waals surface area contributed by atoms with Gasteiger partial charge in [0.05, 0.1) is 12.1 Å². The van der Waals surface area contributed by atoms with E-state index in [1.165, 1.54) is 12.3 Å². The quantitative estimate of drug-likeness (QED) is 0.731. The van der Waals surface area contributed by atoms with Crippen LogP contribution in [0.25, 0.3) is 0 Å². The Morgan fingerprint density at radius 3 is 3.00 bits per heavy atom. The molecule has 0 spiro atoms. The minimum absolute atomic E-state index is 0.0828. The topological polar surface area (TPSA) is 50.2 Å². The van der Waals surface area contributed by atoms with E-state index < -0.39 is 5.97 Å². The standard InChI is InChI=1S/C7H6ClNO2/c8-5-1-2-9-6(3-5)4-7(10)11/h1-3H,4H2,(H,10,11). The Hall–Kier alpha value is -1.09. The van der Waals surface area contributed by atoms with Crippen molar-refractivity contribution < 1.29 is 9.90 Å². The first-order valence-corrected chi connectivity index (χ1v) is 3.38. The van der Waals surface area contributed by atoms with Gasteiger partial charge in [0.15, 0.2) is 0 Å². The molecule has 1 aromatic rings. The van der Waals surface area contributed by atoms with Crippen molar-refractivity contribution in [3.8, 4) is 0 Å². The first-order valence-electron chi connectivity index (χ1n) is 3.00. The summed E-state index contributed by atoms with van der Waals surface area (Å²) in [6, 6.07) is 3.14. The number of aromatic nitrogens is 1. The van der Waals surface area contributed by atoms with Gasteiger partial charge in [-0.25, -0.2) is 0 Å². The summed E-state index contributed by atoms with van der Waals surface area (Å²) in [6.45, 7) is 0. The summed E-state index contributed by atoms with van der Waals surface area (Å²) in [5.74, 6) is -0.903. The van der Waals surface area contributed by atoms with Crippen molar-refractivity contribution in [3.63, 3.8) is 0 Å². The van der Waals surface area contributed by atoms with Gasteiger partial charge in [0.2, 0.25) is 0 Å². The Kier molecular flexibility index (Phi) is 2.44. The normalized spacial score (nSPS) is 9.55. The number of pyridine rings is 1. The van der Waals surface area contributed by atoms with Gasteiger partial charge in [-0.15, -0.1) is 0 Å². The smallest absolute Gasteiger partial charge is 0.309 e. The van der Waals surface area contributed by atoms with E-state index in [1.54, 1.807) is 6.07 Å². The molecule has 0 unspecified atom stereocenters. The van der Waals surface area contributed by atoms with Gasteiger partial charge in [-0.2, -0.15) is 0 Å². The van der Waals surface area contributed by atoms with E-state index >= 15 is 0 Å². The van der Waals surface area contributed by atoms with E-state index in [0.29, 0.717) is 10.7 Å². The van der Waals surface area contributed by atoms with Crippen LogP contribution in [0.2, 0.25) is 5.02 Å². The maximum atomic E-state index is 10.2. The number of carboxylic acid groups (broad SMARTS) is 1. The van der Waals surface area contributed by atoms with Crippen molar-refractivity contribution in [2.45, 2.75) is 6.42 Å². The second-order valence-electron chi connectivity index (χ2n) is 2.04. The fourth-order valence-corrected chi connectivity index (χ4v) is 0.883. The Morgan fingerprint density at radius 1 is 1.73 bits per heavy atom. The molecule has 0 radical (unpaired) electrons. The second kappa shape index (κ2) is 3.34. The summed E-state index contributed by atoms with van der Waals surface area (Å²) in [7, 11) is 0. The lowest BCUT2D eigenvalue weighted by molar-refractivity contribution is -0.136. The second-order valence-corrected chi connectivity index (χ2v) is 2.47. The van der Waals surface area contributed by atoms with E-state index in [0.717, 1.165) is 0 Å². The molecule has 1 rings (SSSR count). The highest BCUT2D eigenvalue weighted by molar-refractivity contribution is 6.30. The van der Waals surface area contributed by atoms with Gasteiger partial charge in [-0.3, -0.25) is 9.78 Å². The van der Waals surface area contributed by atoms with Crippen LogP contribution in [0.4, 0.5) is 0 Å². The van der Waals surface area contributed by atoms with Crippen molar-refractivity contribution in [2.24, 2.45) is 0 Å². The van der Waals surface area contributed by atoms with Gasteiger partial charge < -0.3 is 5.11 Å². The number of aliphatic carboxylic acids is 1. The predicted molar refractivity (Wildman–Crippen MR) is 40.6 cm³/mol. The van der Waals surface area contributed by atoms with Crippen molar-refractivity contribution in [2.75, 3.05) is 0 Å². The zero-order valence-electron chi connectivity index (χ0n) is 5.62. The molecule has 0 fully saturated rings. The third kappa shape index (κ3) is 2.55. The van der Waals surface area contributed by atoms with Gasteiger partial charge >= 0.3 is 5.97 Å². The van der Waals surface area contributed by atoms with Crippen LogP contribution in [-0.2, 0) is 11.2 Å². The molecule has 1 aromatic heterocycles. The van der Waals surface area contributed by atoms with Crippen molar-refractivity contribution in [1.29, 1.82) is 0 Å². The van der Waals surface area contributed by atoms with Crippen LogP contribution in [0.3, 0.4) is 0 Å². The molecule has 4 heteroatoms. The molecular weight excluding hydrogens is 166 g/mol. The number of halogens is 1. The lowest BCUT2D eigenvalue weighted by Gasteiger charge is -1.94. The largest absolute Gasteiger partial charge is 0.481 e. The number of rotatable bonds is 2. The van der Waals surface area contributed by atoms with Gasteiger partial charge in [-0.05, 0) is 12.1 Å². The Bertz CT molecular complexity index is 275. The highest BCUT2D eigenvalue weighted by Gasteiger charge is 2.00. The minimum Gasteiger partial charge on any atom is -0.481 e. The molecule has 0 saturated heterocycles. The molecule has 1 N–H and O–H groups in total. The number of hydrogen-bond acceptors (Lipinski definition) is 2. The van der Waals surface area contributed by atoms with Crippen LogP contribution in [0.1, 0.15) is 5.69 Å². The number of carbonyl (C=O) groups is 1. The lowest BCUT2D eigenvalue weighted by Crippen LogP contribution is -2.01. The number of carboxylic acids is 1. The summed E-state index contributed by atoms with van der Waals surface area (Å²) >= 11 is 5.60. The van der Waals surface area contributed by atoms with Crippen molar-refractivity contribution in [3.05, 3.63) is 29.0 Å². The maximum absolute atomic E-state index is 10.2. The summed E-state index contributed by atoms with van der Waals surface area (Å²) in [6.07, 6.45) is 1.40. The SMILES string of the molecule is O=C(O)Cc1cc(Cl)ccn1. The van der Waals surface area contributed by atoms with E-state index in [9.17, 15) is 4.79 Å². The lowest BCUT2D eigenvalue weighted by atomic mass is 10.3. The molecule has 58 valence electrons. The number of hydrogen-bond donors (Lipinski definition) is 1. The molecule has 1 heterocycles. The van der Waals surface area contributed by atoms with E-state index in [1.807, 2.05) is 0 Å². The molecule has 0 atom stereocenters. The molecule has 0 amide bonds. The Balaban J connectivity index is 2.79. The highest BCUT2D eigenvalue weighted by Crippen LogP contribution is 2.07. The predicted octanol–water partition coefficient (Wildman–Crippen LogP) is 1.36. The van der Waals surface area contributed by atoms with Crippen LogP contribution in [0, 0.1) is 0 Å². The fraction of sp³-hybridized carbons (Fsp3) is 0.143. The average molecular weight is 172 g/mol. The van der Waals surface area contributed by atoms with Gasteiger partial charge in [0.25, 0.3) is 0 Å². The van der Waals surface area contributed by atoms with Crippen LogP contribution < -0.4 is 0 Å². The molecule has 0 aromatic carbocycles. The van der Waals surface area contributed by atoms with Crippen LogP contribution >= 0.6 is 11.6 Å². The van der Waals surface area contributed by atoms with Crippen molar-refractivity contribution in [1.82, 2.24) is 4.98 Å². The van der Waals surface area contributed by atoms with Crippen LogP contribution in [-0.4, -0.2) is 16.1 Å². The third-order valence-corrected chi connectivity index (χ3v) is 1.35. The minimum atomic E-state index is -0.903. The molecule has 0 bridgehead atoms. The zero-order chi connectivity index (χ0) is 8.27. The molecule has 0 aliphatic rings. The first-order chi connectivity index (χ1) is 5.18. The zero-order valence-corrected chi connectivity index (χ0v) is 6.38. The number of nitrogens with zero attached hydrogens (tertiary/aromatic N) is 1. The fourth-order valence-electron chi connectivity index (χ4n) is 0.700. The van der Waals surface area contributed by atoms with Crippen LogP contribution in [0.15, 0.2) is 18.3 Å². The summed E-state index contributed by atoms with van der Waals surface area (Å²) in [5, 5.41) is 8.89. The Labute approximate surface area is 68.6 Å². The van der Waals surface area contributed by atoms with Crippen molar-refractivity contribution >= 4 is 17.6 Å². The molecule has 0 aliphatic carbocycles. The van der Waals surface area contributed by atoms with E-state index in [2.05, 4.69) is 4.98 Å². The van der Waals surface area contributed by atoms with E-state index in [4.69, 9.17) is 16.7 Å². The average Bonchev–Trinajstić information content (AvgIpc) is 1.85. The molecule has 0 saturated carbocycles. The Morgan fingerprint density at radius 2 is 2.45 bits per heavy atom. The maximum Gasteiger partial charge on any atom is 0.309 e. The van der Waals surface area contributed by atoms with Gasteiger partial charge in [0.1, 0.15) is 0 Å². The molecular formula is C7H6ClNO2. The monoisotopic (exact) mass is 171 g/mol. The third-order valence-electron chi connectivity index (χ3n) is 1.11. The van der Waals surface area contributed by atoms with Gasteiger partial charge in [-0.1, -0.05) is 11.6 Å². The summed E-state index contributed by atoms with van der Waals surface area (Å²) in [4.78, 5) is 14.0. The highest BCUT2D eigenvalue weighted by atomic mass is 35.5. The summed E-state index contributed by atoms with van der Waals surface area (Å²) in [5.41, 5.74) is 0.477. The summed E-state index contributed by atoms with van der Waals surface area (Å²) < 4.78 is 0. The molecule has 11 heavy (non-hydrogen) atoms. The van der Waals surface area contributed by atoms with E-state index in [-0.39, 0.29) is 6.42 Å².